The molecule has 5 heteroatoms. The highest BCUT2D eigenvalue weighted by Crippen LogP contribution is 2.31. The predicted octanol–water partition coefficient (Wildman–Crippen LogP) is 5.49. The van der Waals surface area contributed by atoms with Crippen molar-refractivity contribution in [1.29, 1.82) is 0 Å². The van der Waals surface area contributed by atoms with Crippen molar-refractivity contribution < 1.29 is 9.21 Å². The minimum atomic E-state index is -0.0197. The molecule has 0 saturated carbocycles. The summed E-state index contributed by atoms with van der Waals surface area (Å²) in [6.07, 6.45) is 4.81. The van der Waals surface area contributed by atoms with Gasteiger partial charge in [-0.1, -0.05) is 24.3 Å². The van der Waals surface area contributed by atoms with E-state index < -0.39 is 0 Å². The summed E-state index contributed by atoms with van der Waals surface area (Å²) in [4.78, 5) is 13.3. The lowest BCUT2D eigenvalue weighted by Crippen LogP contribution is -2.24. The molecule has 4 nitrogen and oxygen atoms in total. The van der Waals surface area contributed by atoms with Crippen LogP contribution in [0.15, 0.2) is 64.6 Å². The largest absolute Gasteiger partial charge is 0.464 e. The van der Waals surface area contributed by atoms with Gasteiger partial charge in [-0.3, -0.25) is 4.79 Å². The maximum absolute atomic E-state index is 12.6. The van der Waals surface area contributed by atoms with E-state index in [0.717, 1.165) is 46.4 Å². The molecule has 2 aromatic heterocycles. The van der Waals surface area contributed by atoms with Crippen molar-refractivity contribution in [2.24, 2.45) is 0 Å². The van der Waals surface area contributed by atoms with Gasteiger partial charge < -0.3 is 15.1 Å². The summed E-state index contributed by atoms with van der Waals surface area (Å²) in [6, 6.07) is 16.5. The molecule has 1 amide bonds. The van der Waals surface area contributed by atoms with Gasteiger partial charge in [-0.05, 0) is 71.2 Å². The van der Waals surface area contributed by atoms with Crippen LogP contribution in [0.2, 0.25) is 0 Å². The van der Waals surface area contributed by atoms with E-state index >= 15 is 0 Å². The van der Waals surface area contributed by atoms with Crippen LogP contribution in [0.1, 0.15) is 27.2 Å². The molecule has 1 aliphatic heterocycles. The molecule has 0 atom stereocenters. The van der Waals surface area contributed by atoms with Crippen molar-refractivity contribution in [3.63, 3.8) is 0 Å². The van der Waals surface area contributed by atoms with Gasteiger partial charge in [0.1, 0.15) is 5.58 Å². The van der Waals surface area contributed by atoms with Gasteiger partial charge in [0.2, 0.25) is 0 Å². The van der Waals surface area contributed by atoms with Crippen molar-refractivity contribution in [3.8, 4) is 11.1 Å². The molecule has 0 saturated heterocycles. The molecular formula is C24H22N2O2S. The van der Waals surface area contributed by atoms with E-state index in [1.54, 1.807) is 6.26 Å². The predicted molar refractivity (Wildman–Crippen MR) is 119 cm³/mol. The fourth-order valence-corrected chi connectivity index (χ4v) is 4.72. The van der Waals surface area contributed by atoms with E-state index in [1.165, 1.54) is 34.6 Å². The van der Waals surface area contributed by atoms with Crippen LogP contribution < -0.4 is 10.6 Å². The van der Waals surface area contributed by atoms with Gasteiger partial charge in [-0.2, -0.15) is 0 Å². The average molecular weight is 403 g/mol. The van der Waals surface area contributed by atoms with Crippen LogP contribution in [0.5, 0.6) is 0 Å². The van der Waals surface area contributed by atoms with Crippen LogP contribution >= 0.6 is 11.3 Å². The summed E-state index contributed by atoms with van der Waals surface area (Å²) in [6.45, 7) is 1.63. The van der Waals surface area contributed by atoms with Crippen LogP contribution in [-0.2, 0) is 12.8 Å². The van der Waals surface area contributed by atoms with Crippen LogP contribution in [0.25, 0.3) is 22.1 Å². The van der Waals surface area contributed by atoms with Gasteiger partial charge >= 0.3 is 0 Å². The molecule has 0 radical (unpaired) electrons. The Morgan fingerprint density at radius 1 is 1.14 bits per heavy atom. The smallest absolute Gasteiger partial charge is 0.261 e. The van der Waals surface area contributed by atoms with Crippen molar-refractivity contribution in [2.45, 2.75) is 19.3 Å². The third-order valence-corrected chi connectivity index (χ3v) is 6.37. The Balaban J connectivity index is 1.24. The number of amides is 1. The number of hydrogen-bond donors (Lipinski definition) is 2. The summed E-state index contributed by atoms with van der Waals surface area (Å²) < 4.78 is 5.57. The number of benzene rings is 2. The van der Waals surface area contributed by atoms with E-state index in [0.29, 0.717) is 6.54 Å². The lowest BCUT2D eigenvalue weighted by Gasteiger charge is -2.18. The number of hydrogen-bond acceptors (Lipinski definition) is 4. The molecule has 1 aliphatic rings. The SMILES string of the molecule is O=C(NCCc1coc2ccccc12)c1cc(-c2ccc3c(c2)CCCN3)cs1. The maximum Gasteiger partial charge on any atom is 0.261 e. The maximum atomic E-state index is 12.6. The molecule has 0 bridgehead atoms. The van der Waals surface area contributed by atoms with Gasteiger partial charge in [0.05, 0.1) is 11.1 Å². The fourth-order valence-electron chi connectivity index (χ4n) is 3.89. The van der Waals surface area contributed by atoms with E-state index in [2.05, 4.69) is 40.3 Å². The van der Waals surface area contributed by atoms with Crippen molar-refractivity contribution in [2.75, 3.05) is 18.4 Å². The van der Waals surface area contributed by atoms with Crippen molar-refractivity contribution in [1.82, 2.24) is 5.32 Å². The first-order valence-electron chi connectivity index (χ1n) is 9.97. The van der Waals surface area contributed by atoms with Crippen molar-refractivity contribution in [3.05, 3.63) is 76.2 Å². The van der Waals surface area contributed by atoms with E-state index in [4.69, 9.17) is 4.42 Å². The Kier molecular flexibility index (Phi) is 4.82. The zero-order chi connectivity index (χ0) is 19.6. The quantitative estimate of drug-likeness (QED) is 0.464. The molecule has 3 heterocycles. The number of anilines is 1. The molecule has 2 aromatic carbocycles. The standard InChI is InChI=1S/C24H22N2O2S/c27-24(26-11-9-18-14-28-22-6-2-1-5-20(18)22)23-13-19(15-29-23)16-7-8-21-17(12-16)4-3-10-25-21/h1-2,5-8,12-15,25H,3-4,9-11H2,(H,26,27). The monoisotopic (exact) mass is 402 g/mol. The van der Waals surface area contributed by atoms with E-state index in [1.807, 2.05) is 24.3 Å². The number of rotatable bonds is 5. The Morgan fingerprint density at radius 2 is 2.07 bits per heavy atom. The lowest BCUT2D eigenvalue weighted by atomic mass is 9.98. The van der Waals surface area contributed by atoms with Crippen LogP contribution in [0.4, 0.5) is 5.69 Å². The lowest BCUT2D eigenvalue weighted by molar-refractivity contribution is 0.0958. The Morgan fingerprint density at radius 3 is 3.03 bits per heavy atom. The summed E-state index contributed by atoms with van der Waals surface area (Å²) in [5.41, 5.74) is 6.88. The molecule has 5 rings (SSSR count). The normalized spacial score (nSPS) is 13.1. The number of fused-ring (bicyclic) bond motifs is 2. The molecule has 29 heavy (non-hydrogen) atoms. The highest BCUT2D eigenvalue weighted by Gasteiger charge is 2.13. The number of carbonyl (C=O) groups excluding carboxylic acids is 1. The minimum Gasteiger partial charge on any atom is -0.464 e. The first-order chi connectivity index (χ1) is 14.3. The van der Waals surface area contributed by atoms with Crippen LogP contribution in [-0.4, -0.2) is 19.0 Å². The summed E-state index contributed by atoms with van der Waals surface area (Å²) in [5, 5.41) is 9.66. The zero-order valence-electron chi connectivity index (χ0n) is 16.0. The Hall–Kier alpha value is -3.05. The molecule has 0 spiro atoms. The summed E-state index contributed by atoms with van der Waals surface area (Å²) in [7, 11) is 0. The molecule has 0 aliphatic carbocycles. The molecular weight excluding hydrogens is 380 g/mol. The first kappa shape index (κ1) is 18.0. The second-order valence-corrected chi connectivity index (χ2v) is 8.28. The Labute approximate surface area is 173 Å². The number of thiophene rings is 1. The third-order valence-electron chi connectivity index (χ3n) is 5.44. The molecule has 0 unspecified atom stereocenters. The second-order valence-electron chi connectivity index (χ2n) is 7.36. The molecule has 0 fully saturated rings. The van der Waals surface area contributed by atoms with Crippen LogP contribution in [0, 0.1) is 0 Å². The average Bonchev–Trinajstić information content (AvgIpc) is 3.41. The van der Waals surface area contributed by atoms with Gasteiger partial charge in [0, 0.05) is 24.2 Å². The van der Waals surface area contributed by atoms with Crippen molar-refractivity contribution >= 4 is 33.9 Å². The molecule has 2 N–H and O–H groups in total. The van der Waals surface area contributed by atoms with E-state index in [-0.39, 0.29) is 5.91 Å². The molecule has 146 valence electrons. The number of furan rings is 1. The first-order valence-corrected chi connectivity index (χ1v) is 10.8. The second kappa shape index (κ2) is 7.76. The number of nitrogens with one attached hydrogen (secondary N) is 2. The zero-order valence-corrected chi connectivity index (χ0v) is 16.9. The molecule has 4 aromatic rings. The van der Waals surface area contributed by atoms with Gasteiger partial charge in [0.15, 0.2) is 0 Å². The highest BCUT2D eigenvalue weighted by molar-refractivity contribution is 7.12. The van der Waals surface area contributed by atoms with Gasteiger partial charge in [-0.15, -0.1) is 11.3 Å². The fraction of sp³-hybridized carbons (Fsp3) is 0.208. The topological polar surface area (TPSA) is 54.3 Å². The number of para-hydroxylation sites is 1. The number of aryl methyl sites for hydroxylation is 1. The minimum absolute atomic E-state index is 0.0197. The van der Waals surface area contributed by atoms with Gasteiger partial charge in [-0.25, -0.2) is 0 Å². The number of carbonyl (C=O) groups is 1. The third kappa shape index (κ3) is 3.66. The van der Waals surface area contributed by atoms with Gasteiger partial charge in [0.25, 0.3) is 5.91 Å². The summed E-state index contributed by atoms with van der Waals surface area (Å²) in [5.74, 6) is -0.0197. The summed E-state index contributed by atoms with van der Waals surface area (Å²) >= 11 is 1.49. The van der Waals surface area contributed by atoms with E-state index in [9.17, 15) is 4.79 Å². The Bertz CT molecular complexity index is 1170. The van der Waals surface area contributed by atoms with Crippen LogP contribution in [0.3, 0.4) is 0 Å². The highest BCUT2D eigenvalue weighted by atomic mass is 32.1.